The number of fused-ring (bicyclic) bond motifs is 1. The summed E-state index contributed by atoms with van der Waals surface area (Å²) in [4.78, 5) is 15.7. The molecule has 6 nitrogen and oxygen atoms in total. The Morgan fingerprint density at radius 2 is 2.22 bits per heavy atom. The van der Waals surface area contributed by atoms with E-state index in [4.69, 9.17) is 9.47 Å². The quantitative estimate of drug-likeness (QED) is 0.904. The summed E-state index contributed by atoms with van der Waals surface area (Å²) < 4.78 is 11.0. The molecule has 1 aromatic rings. The van der Waals surface area contributed by atoms with Gasteiger partial charge in [-0.25, -0.2) is 0 Å². The van der Waals surface area contributed by atoms with Crippen LogP contribution in [0.1, 0.15) is 24.8 Å². The van der Waals surface area contributed by atoms with E-state index in [1.165, 1.54) is 4.90 Å². The number of benzene rings is 1. The first kappa shape index (κ1) is 16.1. The van der Waals surface area contributed by atoms with Gasteiger partial charge in [-0.15, -0.1) is 0 Å². The number of amides is 1. The lowest BCUT2D eigenvalue weighted by atomic mass is 9.89. The van der Waals surface area contributed by atoms with Gasteiger partial charge in [-0.05, 0) is 25.5 Å². The number of ether oxygens (including phenoxy) is 2. The van der Waals surface area contributed by atoms with Gasteiger partial charge in [0.1, 0.15) is 0 Å². The van der Waals surface area contributed by atoms with Crippen LogP contribution in [0.2, 0.25) is 0 Å². The lowest BCUT2D eigenvalue weighted by Gasteiger charge is -2.39. The van der Waals surface area contributed by atoms with Crippen LogP contribution < -0.4 is 9.47 Å². The first-order chi connectivity index (χ1) is 11.0. The van der Waals surface area contributed by atoms with Gasteiger partial charge in [-0.3, -0.25) is 9.69 Å². The molecule has 6 heteroatoms. The summed E-state index contributed by atoms with van der Waals surface area (Å²) in [6.45, 7) is 2.35. The molecule has 126 valence electrons. The van der Waals surface area contributed by atoms with Crippen LogP contribution in [0.3, 0.4) is 0 Å². The second-order valence-corrected chi connectivity index (χ2v) is 6.65. The Balaban J connectivity index is 1.67. The third-order valence-electron chi connectivity index (χ3n) is 4.49. The number of carbonyl (C=O) groups excluding carboxylic acids is 1. The topological polar surface area (TPSA) is 62.2 Å². The Bertz CT molecular complexity index is 590. The molecular formula is C17H24N2O4. The molecule has 0 spiro atoms. The minimum Gasteiger partial charge on any atom is -0.454 e. The molecule has 1 N–H and O–H groups in total. The largest absolute Gasteiger partial charge is 0.454 e. The minimum absolute atomic E-state index is 0.0355. The van der Waals surface area contributed by atoms with E-state index in [0.717, 1.165) is 30.0 Å². The van der Waals surface area contributed by atoms with Gasteiger partial charge in [-0.2, -0.15) is 0 Å². The molecule has 2 aliphatic rings. The van der Waals surface area contributed by atoms with Crippen molar-refractivity contribution in [3.05, 3.63) is 23.8 Å². The summed E-state index contributed by atoms with van der Waals surface area (Å²) in [5, 5.41) is 10.8. The molecule has 1 amide bonds. The van der Waals surface area contributed by atoms with Gasteiger partial charge in [0.2, 0.25) is 12.7 Å². The normalized spacial score (nSPS) is 23.8. The SMILES string of the molecule is CN(C)C(=O)CC1(O)CCCN(Cc2cccc3c2OCO3)C1. The molecule has 1 atom stereocenters. The summed E-state index contributed by atoms with van der Waals surface area (Å²) in [6.07, 6.45) is 1.71. The zero-order valence-corrected chi connectivity index (χ0v) is 13.7. The molecule has 1 unspecified atom stereocenters. The van der Waals surface area contributed by atoms with Crippen molar-refractivity contribution in [2.75, 3.05) is 34.0 Å². The average Bonchev–Trinajstić information content (AvgIpc) is 2.96. The number of β-amino-alcohol motifs (C(OH)–C–C–N with tert-alkyl or cyclic N) is 1. The van der Waals surface area contributed by atoms with Gasteiger partial charge in [-0.1, -0.05) is 12.1 Å². The fourth-order valence-corrected chi connectivity index (χ4v) is 3.28. The number of likely N-dealkylation sites (tertiary alicyclic amines) is 1. The first-order valence-corrected chi connectivity index (χ1v) is 7.99. The van der Waals surface area contributed by atoms with E-state index < -0.39 is 5.60 Å². The van der Waals surface area contributed by atoms with E-state index >= 15 is 0 Å². The van der Waals surface area contributed by atoms with E-state index in [1.54, 1.807) is 14.1 Å². The number of hydrogen-bond acceptors (Lipinski definition) is 5. The summed E-state index contributed by atoms with van der Waals surface area (Å²) in [5.41, 5.74) is 0.109. The van der Waals surface area contributed by atoms with Gasteiger partial charge in [0.05, 0.1) is 12.0 Å². The number of piperidine rings is 1. The molecule has 1 aromatic carbocycles. The van der Waals surface area contributed by atoms with Crippen LogP contribution >= 0.6 is 0 Å². The third kappa shape index (κ3) is 3.59. The summed E-state index contributed by atoms with van der Waals surface area (Å²) in [7, 11) is 3.44. The van der Waals surface area contributed by atoms with Crippen LogP contribution in [0.25, 0.3) is 0 Å². The Hall–Kier alpha value is -1.79. The molecule has 0 bridgehead atoms. The first-order valence-electron chi connectivity index (χ1n) is 7.99. The lowest BCUT2D eigenvalue weighted by Crippen LogP contribution is -2.50. The highest BCUT2D eigenvalue weighted by Gasteiger charge is 2.36. The van der Waals surface area contributed by atoms with Crippen molar-refractivity contribution in [3.8, 4) is 11.5 Å². The highest BCUT2D eigenvalue weighted by atomic mass is 16.7. The summed E-state index contributed by atoms with van der Waals surface area (Å²) in [5.74, 6) is 1.54. The van der Waals surface area contributed by atoms with Gasteiger partial charge < -0.3 is 19.5 Å². The highest BCUT2D eigenvalue weighted by molar-refractivity contribution is 5.76. The van der Waals surface area contributed by atoms with Crippen LogP contribution in [0.5, 0.6) is 11.5 Å². The van der Waals surface area contributed by atoms with Crippen molar-refractivity contribution in [1.29, 1.82) is 0 Å². The standard InChI is InChI=1S/C17H24N2O4/c1-18(2)15(20)9-17(21)7-4-8-19(11-17)10-13-5-3-6-14-16(13)23-12-22-14/h3,5-6,21H,4,7-12H2,1-2H3. The van der Waals surface area contributed by atoms with Gasteiger partial charge >= 0.3 is 0 Å². The highest BCUT2D eigenvalue weighted by Crippen LogP contribution is 2.36. The molecular weight excluding hydrogens is 296 g/mol. The van der Waals surface area contributed by atoms with Crippen molar-refractivity contribution in [2.24, 2.45) is 0 Å². The van der Waals surface area contributed by atoms with Gasteiger partial charge in [0.15, 0.2) is 11.5 Å². The van der Waals surface area contributed by atoms with E-state index in [1.807, 2.05) is 18.2 Å². The Morgan fingerprint density at radius 1 is 1.39 bits per heavy atom. The molecule has 0 aromatic heterocycles. The fraction of sp³-hybridized carbons (Fsp3) is 0.588. The Morgan fingerprint density at radius 3 is 3.00 bits per heavy atom. The third-order valence-corrected chi connectivity index (χ3v) is 4.49. The van der Waals surface area contributed by atoms with Crippen molar-refractivity contribution in [3.63, 3.8) is 0 Å². The number of rotatable bonds is 4. The minimum atomic E-state index is -0.949. The maximum absolute atomic E-state index is 11.9. The van der Waals surface area contributed by atoms with E-state index in [2.05, 4.69) is 4.90 Å². The number of carbonyl (C=O) groups is 1. The van der Waals surface area contributed by atoms with Crippen molar-refractivity contribution in [2.45, 2.75) is 31.4 Å². The van der Waals surface area contributed by atoms with Gasteiger partial charge in [0.25, 0.3) is 0 Å². The Kier molecular flexibility index (Phi) is 4.46. The van der Waals surface area contributed by atoms with Crippen LogP contribution in [0.15, 0.2) is 18.2 Å². The van der Waals surface area contributed by atoms with Crippen molar-refractivity contribution in [1.82, 2.24) is 9.80 Å². The molecule has 2 aliphatic heterocycles. The van der Waals surface area contributed by atoms with Gasteiger partial charge in [0, 0.05) is 32.7 Å². The maximum atomic E-state index is 11.9. The predicted molar refractivity (Wildman–Crippen MR) is 85.3 cm³/mol. The average molecular weight is 320 g/mol. The van der Waals surface area contributed by atoms with Crippen LogP contribution in [0, 0.1) is 0 Å². The smallest absolute Gasteiger partial charge is 0.231 e. The van der Waals surface area contributed by atoms with Crippen LogP contribution in [-0.2, 0) is 11.3 Å². The van der Waals surface area contributed by atoms with E-state index in [9.17, 15) is 9.90 Å². The second kappa shape index (κ2) is 6.37. The number of aliphatic hydroxyl groups is 1. The number of hydrogen-bond donors (Lipinski definition) is 1. The predicted octanol–water partition coefficient (Wildman–Crippen LogP) is 1.22. The summed E-state index contributed by atoms with van der Waals surface area (Å²) >= 11 is 0. The van der Waals surface area contributed by atoms with E-state index in [-0.39, 0.29) is 19.1 Å². The molecule has 23 heavy (non-hydrogen) atoms. The summed E-state index contributed by atoms with van der Waals surface area (Å²) in [6, 6.07) is 5.87. The number of nitrogens with zero attached hydrogens (tertiary/aromatic N) is 2. The zero-order valence-electron chi connectivity index (χ0n) is 13.7. The molecule has 0 radical (unpaired) electrons. The van der Waals surface area contributed by atoms with Crippen LogP contribution in [-0.4, -0.2) is 60.4 Å². The maximum Gasteiger partial charge on any atom is 0.231 e. The molecule has 1 saturated heterocycles. The monoisotopic (exact) mass is 320 g/mol. The molecule has 0 saturated carbocycles. The zero-order chi connectivity index (χ0) is 16.4. The second-order valence-electron chi connectivity index (χ2n) is 6.65. The Labute approximate surface area is 136 Å². The molecule has 2 heterocycles. The molecule has 1 fully saturated rings. The van der Waals surface area contributed by atoms with E-state index in [0.29, 0.717) is 19.5 Å². The number of para-hydroxylation sites is 1. The molecule has 3 rings (SSSR count). The molecule has 0 aliphatic carbocycles. The van der Waals surface area contributed by atoms with Crippen LogP contribution in [0.4, 0.5) is 0 Å². The van der Waals surface area contributed by atoms with Crippen molar-refractivity contribution >= 4 is 5.91 Å². The van der Waals surface area contributed by atoms with Crippen molar-refractivity contribution < 1.29 is 19.4 Å². The fourth-order valence-electron chi connectivity index (χ4n) is 3.28. The lowest BCUT2D eigenvalue weighted by molar-refractivity contribution is -0.136.